The van der Waals surface area contributed by atoms with E-state index in [1.54, 1.807) is 18.2 Å². The minimum atomic E-state index is -0.178. The van der Waals surface area contributed by atoms with Crippen LogP contribution in [0.25, 0.3) is 0 Å². The van der Waals surface area contributed by atoms with E-state index in [0.29, 0.717) is 22.4 Å². The summed E-state index contributed by atoms with van der Waals surface area (Å²) in [6.07, 6.45) is 5.79. The van der Waals surface area contributed by atoms with Gasteiger partial charge in [0.25, 0.3) is 0 Å². The average molecular weight is 268 g/mol. The Hall–Kier alpha value is -1.42. The number of anilines is 2. The van der Waals surface area contributed by atoms with Gasteiger partial charge in [-0.2, -0.15) is 0 Å². The third kappa shape index (κ3) is 3.53. The molecule has 0 atom stereocenters. The molecule has 4 nitrogen and oxygen atoms in total. The first kappa shape index (κ1) is 13.0. The summed E-state index contributed by atoms with van der Waals surface area (Å²) in [4.78, 5) is 11.8. The van der Waals surface area contributed by atoms with Crippen LogP contribution in [0.15, 0.2) is 18.2 Å². The van der Waals surface area contributed by atoms with Gasteiger partial charge in [0.05, 0.1) is 10.7 Å². The van der Waals surface area contributed by atoms with Crippen LogP contribution in [0.4, 0.5) is 16.2 Å². The number of nitrogens with one attached hydrogen (secondary N) is 2. The Morgan fingerprint density at radius 3 is 2.67 bits per heavy atom. The second-order valence-electron chi connectivity index (χ2n) is 4.67. The van der Waals surface area contributed by atoms with Gasteiger partial charge in [-0.05, 0) is 31.0 Å². The van der Waals surface area contributed by atoms with Crippen molar-refractivity contribution >= 4 is 29.0 Å². The van der Waals surface area contributed by atoms with Gasteiger partial charge in [0, 0.05) is 11.7 Å². The molecular weight excluding hydrogens is 250 g/mol. The van der Waals surface area contributed by atoms with E-state index in [0.717, 1.165) is 12.8 Å². The number of benzene rings is 1. The van der Waals surface area contributed by atoms with Gasteiger partial charge in [0.2, 0.25) is 0 Å². The number of nitrogen functional groups attached to an aromatic ring is 1. The largest absolute Gasteiger partial charge is 0.398 e. The summed E-state index contributed by atoms with van der Waals surface area (Å²) in [5.41, 5.74) is 6.77. The number of urea groups is 1. The van der Waals surface area contributed by atoms with Crippen LogP contribution in [-0.4, -0.2) is 12.1 Å². The SMILES string of the molecule is Nc1ccc(NC(=O)NC2CCCCC2)cc1Cl. The molecule has 0 unspecified atom stereocenters. The van der Waals surface area contributed by atoms with E-state index in [9.17, 15) is 4.79 Å². The zero-order valence-electron chi connectivity index (χ0n) is 10.2. The third-order valence-corrected chi connectivity index (χ3v) is 3.53. The normalized spacial score (nSPS) is 16.3. The first-order valence-electron chi connectivity index (χ1n) is 6.27. The highest BCUT2D eigenvalue weighted by Gasteiger charge is 2.15. The Bertz CT molecular complexity index is 430. The van der Waals surface area contributed by atoms with Gasteiger partial charge in [0.1, 0.15) is 0 Å². The quantitative estimate of drug-likeness (QED) is 0.719. The fraction of sp³-hybridized carbons (Fsp3) is 0.462. The van der Waals surface area contributed by atoms with Crippen LogP contribution in [0.1, 0.15) is 32.1 Å². The predicted molar refractivity (Wildman–Crippen MR) is 74.9 cm³/mol. The zero-order valence-corrected chi connectivity index (χ0v) is 11.0. The maximum absolute atomic E-state index is 11.8. The lowest BCUT2D eigenvalue weighted by Gasteiger charge is -2.22. The van der Waals surface area contributed by atoms with Crippen LogP contribution in [0.2, 0.25) is 5.02 Å². The molecule has 98 valence electrons. The fourth-order valence-corrected chi connectivity index (χ4v) is 2.38. The van der Waals surface area contributed by atoms with Crippen molar-refractivity contribution in [3.8, 4) is 0 Å². The molecule has 0 heterocycles. The van der Waals surface area contributed by atoms with Crippen LogP contribution >= 0.6 is 11.6 Å². The van der Waals surface area contributed by atoms with E-state index < -0.39 is 0 Å². The molecule has 1 saturated carbocycles. The van der Waals surface area contributed by atoms with Crippen LogP contribution in [0.5, 0.6) is 0 Å². The number of hydrogen-bond donors (Lipinski definition) is 3. The van der Waals surface area contributed by atoms with Crippen LogP contribution in [0, 0.1) is 0 Å². The van der Waals surface area contributed by atoms with E-state index in [1.165, 1.54) is 19.3 Å². The van der Waals surface area contributed by atoms with Crippen molar-refractivity contribution in [3.63, 3.8) is 0 Å². The minimum Gasteiger partial charge on any atom is -0.398 e. The second-order valence-corrected chi connectivity index (χ2v) is 5.08. The molecule has 0 radical (unpaired) electrons. The van der Waals surface area contributed by atoms with Gasteiger partial charge in [-0.15, -0.1) is 0 Å². The van der Waals surface area contributed by atoms with Gasteiger partial charge in [-0.25, -0.2) is 4.79 Å². The maximum Gasteiger partial charge on any atom is 0.319 e. The lowest BCUT2D eigenvalue weighted by atomic mass is 9.96. The van der Waals surface area contributed by atoms with Gasteiger partial charge < -0.3 is 16.4 Å². The summed E-state index contributed by atoms with van der Waals surface area (Å²) < 4.78 is 0. The summed E-state index contributed by atoms with van der Waals surface area (Å²) in [6, 6.07) is 5.18. The van der Waals surface area contributed by atoms with Crippen molar-refractivity contribution in [1.29, 1.82) is 0 Å². The lowest BCUT2D eigenvalue weighted by molar-refractivity contribution is 0.244. The highest BCUT2D eigenvalue weighted by Crippen LogP contribution is 2.22. The van der Waals surface area contributed by atoms with Crippen LogP contribution < -0.4 is 16.4 Å². The number of amides is 2. The Labute approximate surface area is 112 Å². The van der Waals surface area contributed by atoms with Crippen molar-refractivity contribution in [2.45, 2.75) is 38.1 Å². The summed E-state index contributed by atoms with van der Waals surface area (Å²) >= 11 is 5.89. The molecule has 4 N–H and O–H groups in total. The fourth-order valence-electron chi connectivity index (χ4n) is 2.20. The molecule has 0 saturated heterocycles. The predicted octanol–water partition coefficient (Wildman–Crippen LogP) is 3.38. The average Bonchev–Trinajstić information content (AvgIpc) is 2.35. The van der Waals surface area contributed by atoms with E-state index >= 15 is 0 Å². The molecule has 1 aliphatic rings. The first-order chi connectivity index (χ1) is 8.65. The molecule has 1 aromatic carbocycles. The Morgan fingerprint density at radius 2 is 2.00 bits per heavy atom. The molecule has 2 rings (SSSR count). The van der Waals surface area contributed by atoms with E-state index in [1.807, 2.05) is 0 Å². The van der Waals surface area contributed by atoms with E-state index in [4.69, 9.17) is 17.3 Å². The van der Waals surface area contributed by atoms with E-state index in [2.05, 4.69) is 10.6 Å². The topological polar surface area (TPSA) is 67.1 Å². The standard InChI is InChI=1S/C13H18ClN3O/c14-11-8-10(6-7-12(11)15)17-13(18)16-9-4-2-1-3-5-9/h6-9H,1-5,15H2,(H2,16,17,18). The van der Waals surface area contributed by atoms with Crippen LogP contribution in [0.3, 0.4) is 0 Å². The van der Waals surface area contributed by atoms with Gasteiger partial charge in [0.15, 0.2) is 0 Å². The molecule has 0 spiro atoms. The van der Waals surface area contributed by atoms with Crippen molar-refractivity contribution in [2.75, 3.05) is 11.1 Å². The molecule has 18 heavy (non-hydrogen) atoms. The first-order valence-corrected chi connectivity index (χ1v) is 6.65. The molecule has 0 aromatic heterocycles. The highest BCUT2D eigenvalue weighted by molar-refractivity contribution is 6.33. The van der Waals surface area contributed by atoms with Crippen molar-refractivity contribution in [3.05, 3.63) is 23.2 Å². The van der Waals surface area contributed by atoms with Gasteiger partial charge in [-0.3, -0.25) is 0 Å². The smallest absolute Gasteiger partial charge is 0.319 e. The monoisotopic (exact) mass is 267 g/mol. The van der Waals surface area contributed by atoms with Gasteiger partial charge >= 0.3 is 6.03 Å². The molecule has 1 fully saturated rings. The molecule has 2 amide bonds. The number of rotatable bonds is 2. The molecule has 0 aliphatic heterocycles. The number of nitrogens with two attached hydrogens (primary N) is 1. The second kappa shape index (κ2) is 5.96. The number of halogens is 1. The molecule has 0 bridgehead atoms. The minimum absolute atomic E-state index is 0.178. The molecule has 1 aromatic rings. The highest BCUT2D eigenvalue weighted by atomic mass is 35.5. The summed E-state index contributed by atoms with van der Waals surface area (Å²) in [7, 11) is 0. The number of carbonyl (C=O) groups excluding carboxylic acids is 1. The zero-order chi connectivity index (χ0) is 13.0. The Morgan fingerprint density at radius 1 is 1.28 bits per heavy atom. The lowest BCUT2D eigenvalue weighted by Crippen LogP contribution is -2.39. The molecule has 5 heteroatoms. The summed E-state index contributed by atoms with van der Waals surface area (Å²) in [6.45, 7) is 0. The maximum atomic E-state index is 11.8. The van der Waals surface area contributed by atoms with Crippen molar-refractivity contribution < 1.29 is 4.79 Å². The van der Waals surface area contributed by atoms with Crippen molar-refractivity contribution in [2.24, 2.45) is 0 Å². The third-order valence-electron chi connectivity index (χ3n) is 3.20. The summed E-state index contributed by atoms with van der Waals surface area (Å²) in [5, 5.41) is 6.19. The molecular formula is C13H18ClN3O. The number of hydrogen-bond acceptors (Lipinski definition) is 2. The van der Waals surface area contributed by atoms with Gasteiger partial charge in [-0.1, -0.05) is 30.9 Å². The van der Waals surface area contributed by atoms with E-state index in [-0.39, 0.29) is 6.03 Å². The van der Waals surface area contributed by atoms with Crippen LogP contribution in [-0.2, 0) is 0 Å². The molecule has 1 aliphatic carbocycles. The van der Waals surface area contributed by atoms with Crippen molar-refractivity contribution in [1.82, 2.24) is 5.32 Å². The number of carbonyl (C=O) groups is 1. The Kier molecular flexibility index (Phi) is 4.31. The Balaban J connectivity index is 1.88. The summed E-state index contributed by atoms with van der Waals surface area (Å²) in [5.74, 6) is 0.